The van der Waals surface area contributed by atoms with E-state index in [0.717, 1.165) is 35.0 Å². The molecule has 5 rings (SSSR count). The number of fused-ring (bicyclic) bond motifs is 1. The summed E-state index contributed by atoms with van der Waals surface area (Å²) in [6.07, 6.45) is 1.66. The number of hydrogen-bond acceptors (Lipinski definition) is 4. The average Bonchev–Trinajstić information content (AvgIpc) is 2.88. The molecule has 3 aromatic rings. The highest BCUT2D eigenvalue weighted by Crippen LogP contribution is 2.28. The van der Waals surface area contributed by atoms with Gasteiger partial charge in [-0.2, -0.15) is 0 Å². The highest BCUT2D eigenvalue weighted by Gasteiger charge is 2.32. The summed E-state index contributed by atoms with van der Waals surface area (Å²) >= 11 is 0. The van der Waals surface area contributed by atoms with Crippen molar-refractivity contribution in [2.75, 3.05) is 39.4 Å². The van der Waals surface area contributed by atoms with Crippen LogP contribution in [0.15, 0.2) is 60.7 Å². The second-order valence-electron chi connectivity index (χ2n) is 8.47. The lowest BCUT2D eigenvalue weighted by Crippen LogP contribution is -2.49. The van der Waals surface area contributed by atoms with Gasteiger partial charge in [0.15, 0.2) is 0 Å². The van der Waals surface area contributed by atoms with Crippen LogP contribution in [0.25, 0.3) is 22.2 Å². The molecule has 2 aliphatic rings. The Balaban J connectivity index is 1.44. The van der Waals surface area contributed by atoms with Gasteiger partial charge in [-0.1, -0.05) is 48.5 Å². The minimum absolute atomic E-state index is 0.0275. The van der Waals surface area contributed by atoms with E-state index in [4.69, 9.17) is 9.72 Å². The van der Waals surface area contributed by atoms with Crippen molar-refractivity contribution in [3.05, 3.63) is 66.2 Å². The van der Waals surface area contributed by atoms with Gasteiger partial charge in [0.1, 0.15) is 0 Å². The first-order valence-electron chi connectivity index (χ1n) is 11.3. The van der Waals surface area contributed by atoms with Crippen molar-refractivity contribution < 1.29 is 14.3 Å². The number of hydrogen-bond donors (Lipinski definition) is 0. The van der Waals surface area contributed by atoms with Gasteiger partial charge < -0.3 is 14.5 Å². The first kappa shape index (κ1) is 20.6. The summed E-state index contributed by atoms with van der Waals surface area (Å²) in [6.45, 7) is 3.59. The van der Waals surface area contributed by atoms with E-state index >= 15 is 0 Å². The fourth-order valence-corrected chi connectivity index (χ4v) is 4.68. The maximum Gasteiger partial charge on any atom is 0.254 e. The van der Waals surface area contributed by atoms with Gasteiger partial charge in [0.05, 0.1) is 35.9 Å². The van der Waals surface area contributed by atoms with Crippen molar-refractivity contribution in [2.45, 2.75) is 12.8 Å². The molecule has 0 radical (unpaired) electrons. The van der Waals surface area contributed by atoms with E-state index in [9.17, 15) is 9.59 Å². The number of morpholine rings is 1. The molecule has 0 aliphatic carbocycles. The smallest absolute Gasteiger partial charge is 0.254 e. The number of ether oxygens (including phenoxy) is 1. The second-order valence-corrected chi connectivity index (χ2v) is 8.47. The normalized spacial score (nSPS) is 19.2. The summed E-state index contributed by atoms with van der Waals surface area (Å²) in [7, 11) is 0. The lowest BCUT2D eigenvalue weighted by molar-refractivity contribution is -0.141. The molecule has 0 unspecified atom stereocenters. The highest BCUT2D eigenvalue weighted by atomic mass is 16.5. The van der Waals surface area contributed by atoms with Crippen LogP contribution in [-0.2, 0) is 9.53 Å². The molecule has 0 N–H and O–H groups in total. The predicted molar refractivity (Wildman–Crippen MR) is 123 cm³/mol. The zero-order valence-electron chi connectivity index (χ0n) is 18.1. The molecule has 3 heterocycles. The molecule has 2 aromatic carbocycles. The summed E-state index contributed by atoms with van der Waals surface area (Å²) < 4.78 is 5.38. The van der Waals surface area contributed by atoms with E-state index in [1.165, 1.54) is 0 Å². The molecule has 6 nitrogen and oxygen atoms in total. The van der Waals surface area contributed by atoms with E-state index in [1.807, 2.05) is 70.5 Å². The molecule has 1 aromatic heterocycles. The number of likely N-dealkylation sites (tertiary alicyclic amines) is 1. The Labute approximate surface area is 187 Å². The largest absolute Gasteiger partial charge is 0.378 e. The van der Waals surface area contributed by atoms with Crippen molar-refractivity contribution in [3.8, 4) is 11.3 Å². The van der Waals surface area contributed by atoms with Crippen molar-refractivity contribution >= 4 is 22.7 Å². The van der Waals surface area contributed by atoms with Crippen molar-refractivity contribution in [2.24, 2.45) is 5.92 Å². The lowest BCUT2D eigenvalue weighted by atomic mass is 9.95. The number of amides is 2. The number of rotatable bonds is 3. The van der Waals surface area contributed by atoms with Gasteiger partial charge >= 0.3 is 0 Å². The van der Waals surface area contributed by atoms with Crippen LogP contribution < -0.4 is 0 Å². The monoisotopic (exact) mass is 429 g/mol. The number of aromatic nitrogens is 1. The SMILES string of the molecule is O=C(c1cc(-c2ccccc2)nc2ccccc12)N1CCC[C@H](C(=O)N2CCOCC2)C1. The van der Waals surface area contributed by atoms with Gasteiger partial charge in [-0.25, -0.2) is 4.98 Å². The number of carbonyl (C=O) groups excluding carboxylic acids is 2. The Morgan fingerprint density at radius 1 is 0.906 bits per heavy atom. The van der Waals surface area contributed by atoms with Crippen LogP contribution in [0.3, 0.4) is 0 Å². The maximum atomic E-state index is 13.7. The van der Waals surface area contributed by atoms with E-state index in [-0.39, 0.29) is 17.7 Å². The third-order valence-corrected chi connectivity index (χ3v) is 6.40. The fourth-order valence-electron chi connectivity index (χ4n) is 4.68. The molecule has 1 atom stereocenters. The number of benzene rings is 2. The molecular formula is C26H27N3O3. The molecule has 32 heavy (non-hydrogen) atoms. The molecular weight excluding hydrogens is 402 g/mol. The number of pyridine rings is 1. The average molecular weight is 430 g/mol. The van der Waals surface area contributed by atoms with Gasteiger partial charge in [0, 0.05) is 37.1 Å². The molecule has 2 saturated heterocycles. The quantitative estimate of drug-likeness (QED) is 0.638. The number of carbonyl (C=O) groups is 2. The predicted octanol–water partition coefficient (Wildman–Crippen LogP) is 3.61. The topological polar surface area (TPSA) is 62.7 Å². The Hall–Kier alpha value is -3.25. The number of nitrogens with zero attached hydrogens (tertiary/aromatic N) is 3. The Morgan fingerprint density at radius 2 is 1.66 bits per heavy atom. The van der Waals surface area contributed by atoms with E-state index < -0.39 is 0 Å². The zero-order valence-corrected chi connectivity index (χ0v) is 18.1. The Kier molecular flexibility index (Phi) is 5.86. The zero-order chi connectivity index (χ0) is 21.9. The van der Waals surface area contributed by atoms with Crippen LogP contribution in [0, 0.1) is 5.92 Å². The first-order chi connectivity index (χ1) is 15.7. The molecule has 6 heteroatoms. The van der Waals surface area contributed by atoms with Crippen LogP contribution in [0.4, 0.5) is 0 Å². The van der Waals surface area contributed by atoms with Gasteiger partial charge in [-0.15, -0.1) is 0 Å². The van der Waals surface area contributed by atoms with Crippen LogP contribution in [0.5, 0.6) is 0 Å². The van der Waals surface area contributed by atoms with Crippen LogP contribution in [0.1, 0.15) is 23.2 Å². The van der Waals surface area contributed by atoms with Crippen LogP contribution >= 0.6 is 0 Å². The summed E-state index contributed by atoms with van der Waals surface area (Å²) in [5.74, 6) is -0.0249. The van der Waals surface area contributed by atoms with Crippen molar-refractivity contribution in [3.63, 3.8) is 0 Å². The summed E-state index contributed by atoms with van der Waals surface area (Å²) in [4.78, 5) is 35.3. The molecule has 2 amide bonds. The first-order valence-corrected chi connectivity index (χ1v) is 11.3. The fraction of sp³-hybridized carbons (Fsp3) is 0.346. The minimum atomic E-state index is -0.146. The lowest BCUT2D eigenvalue weighted by Gasteiger charge is -2.36. The van der Waals surface area contributed by atoms with Crippen molar-refractivity contribution in [1.29, 1.82) is 0 Å². The van der Waals surface area contributed by atoms with E-state index in [1.54, 1.807) is 0 Å². The minimum Gasteiger partial charge on any atom is -0.378 e. The number of piperidine rings is 1. The standard InChI is InChI=1S/C26H27N3O3/c30-25(28-13-15-32-16-14-28)20-9-6-12-29(18-20)26(31)22-17-24(19-7-2-1-3-8-19)27-23-11-5-4-10-21(22)23/h1-5,7-8,10-11,17,20H,6,9,12-16,18H2/t20-/m0/s1. The van der Waals surface area contributed by atoms with E-state index in [2.05, 4.69) is 0 Å². The van der Waals surface area contributed by atoms with Gasteiger partial charge in [-0.3, -0.25) is 9.59 Å². The second kappa shape index (κ2) is 9.09. The molecule has 164 valence electrons. The van der Waals surface area contributed by atoms with Crippen molar-refractivity contribution in [1.82, 2.24) is 14.8 Å². The van der Waals surface area contributed by atoms with E-state index in [0.29, 0.717) is 45.0 Å². The molecule has 2 fully saturated rings. The van der Waals surface area contributed by atoms with Crippen LogP contribution in [0.2, 0.25) is 0 Å². The molecule has 0 bridgehead atoms. The summed E-state index contributed by atoms with van der Waals surface area (Å²) in [5.41, 5.74) is 3.21. The van der Waals surface area contributed by atoms with Gasteiger partial charge in [0.2, 0.25) is 5.91 Å². The Morgan fingerprint density at radius 3 is 2.47 bits per heavy atom. The molecule has 0 spiro atoms. The van der Waals surface area contributed by atoms with Crippen LogP contribution in [-0.4, -0.2) is 66.0 Å². The van der Waals surface area contributed by atoms with Gasteiger partial charge in [0.25, 0.3) is 5.91 Å². The molecule has 2 aliphatic heterocycles. The summed E-state index contributed by atoms with van der Waals surface area (Å²) in [6, 6.07) is 19.6. The maximum absolute atomic E-state index is 13.7. The third-order valence-electron chi connectivity index (χ3n) is 6.40. The summed E-state index contributed by atoms with van der Waals surface area (Å²) in [5, 5.41) is 0.846. The third kappa shape index (κ3) is 4.10. The Bertz CT molecular complexity index is 1130. The molecule has 0 saturated carbocycles. The van der Waals surface area contributed by atoms with Gasteiger partial charge in [-0.05, 0) is 25.0 Å². The number of para-hydroxylation sites is 1. The highest BCUT2D eigenvalue weighted by molar-refractivity contribution is 6.07.